The summed E-state index contributed by atoms with van der Waals surface area (Å²) in [6.45, 7) is 9.61. The van der Waals surface area contributed by atoms with E-state index in [4.69, 9.17) is 5.11 Å². The van der Waals surface area contributed by atoms with Crippen molar-refractivity contribution < 1.29 is 5.11 Å². The Labute approximate surface area is 104 Å². The van der Waals surface area contributed by atoms with Gasteiger partial charge in [-0.15, -0.1) is 0 Å². The molecule has 17 heavy (non-hydrogen) atoms. The summed E-state index contributed by atoms with van der Waals surface area (Å²) in [5.74, 6) is 0. The van der Waals surface area contributed by atoms with Crippen LogP contribution in [-0.2, 0) is 6.54 Å². The van der Waals surface area contributed by atoms with E-state index in [-0.39, 0.29) is 12.1 Å². The Bertz CT molecular complexity index is 335. The summed E-state index contributed by atoms with van der Waals surface area (Å²) in [5, 5.41) is 12.6. The molecule has 0 aliphatic heterocycles. The fraction of sp³-hybridized carbons (Fsp3) is 0.769. The maximum atomic E-state index is 9.08. The summed E-state index contributed by atoms with van der Waals surface area (Å²) >= 11 is 0. The highest BCUT2D eigenvalue weighted by atomic mass is 16.3. The normalized spacial score (nSPS) is 15.2. The highest BCUT2D eigenvalue weighted by Gasteiger charge is 2.21. The van der Waals surface area contributed by atoms with E-state index in [1.165, 1.54) is 5.69 Å². The van der Waals surface area contributed by atoms with Gasteiger partial charge in [-0.3, -0.25) is 0 Å². The third-order valence-corrected chi connectivity index (χ3v) is 3.44. The van der Waals surface area contributed by atoms with E-state index < -0.39 is 0 Å². The van der Waals surface area contributed by atoms with Crippen molar-refractivity contribution in [1.29, 1.82) is 0 Å². The largest absolute Gasteiger partial charge is 0.396 e. The molecule has 0 aromatic carbocycles. The number of nitrogens with one attached hydrogen (secondary N) is 1. The molecular formula is C13H25N3O. The van der Waals surface area contributed by atoms with Gasteiger partial charge >= 0.3 is 0 Å². The SMILES string of the molecule is CCC(C)(CCO)NCc1cncn1C(C)C. The molecule has 0 aliphatic rings. The molecule has 4 nitrogen and oxygen atoms in total. The van der Waals surface area contributed by atoms with Gasteiger partial charge in [-0.05, 0) is 33.6 Å². The van der Waals surface area contributed by atoms with Crippen molar-refractivity contribution in [2.24, 2.45) is 0 Å². The van der Waals surface area contributed by atoms with Gasteiger partial charge in [0, 0.05) is 30.9 Å². The molecule has 2 N–H and O–H groups in total. The van der Waals surface area contributed by atoms with E-state index in [0.717, 1.165) is 19.4 Å². The molecule has 1 heterocycles. The van der Waals surface area contributed by atoms with Gasteiger partial charge in [0.2, 0.25) is 0 Å². The third-order valence-electron chi connectivity index (χ3n) is 3.44. The first kappa shape index (κ1) is 14.2. The van der Waals surface area contributed by atoms with Crippen molar-refractivity contribution in [1.82, 2.24) is 14.9 Å². The predicted molar refractivity (Wildman–Crippen MR) is 69.9 cm³/mol. The molecular weight excluding hydrogens is 214 g/mol. The lowest BCUT2D eigenvalue weighted by atomic mass is 9.95. The zero-order valence-electron chi connectivity index (χ0n) is 11.4. The van der Waals surface area contributed by atoms with Crippen molar-refractivity contribution in [3.05, 3.63) is 18.2 Å². The van der Waals surface area contributed by atoms with E-state index >= 15 is 0 Å². The van der Waals surface area contributed by atoms with Crippen LogP contribution in [0, 0.1) is 0 Å². The summed E-state index contributed by atoms with van der Waals surface area (Å²) in [5.41, 5.74) is 1.19. The Kier molecular flexibility index (Phi) is 5.15. The maximum absolute atomic E-state index is 9.08. The average molecular weight is 239 g/mol. The molecule has 1 unspecified atom stereocenters. The molecule has 0 amide bonds. The molecule has 1 rings (SSSR count). The Balaban J connectivity index is 2.62. The predicted octanol–water partition coefficient (Wildman–Crippen LogP) is 2.10. The van der Waals surface area contributed by atoms with Gasteiger partial charge in [-0.25, -0.2) is 4.98 Å². The number of aromatic nitrogens is 2. The zero-order valence-corrected chi connectivity index (χ0v) is 11.4. The Hall–Kier alpha value is -0.870. The number of aliphatic hydroxyl groups excluding tert-OH is 1. The van der Waals surface area contributed by atoms with Crippen LogP contribution in [0.25, 0.3) is 0 Å². The molecule has 1 aromatic rings. The molecule has 0 saturated carbocycles. The van der Waals surface area contributed by atoms with Gasteiger partial charge in [-0.1, -0.05) is 6.92 Å². The van der Waals surface area contributed by atoms with Crippen LogP contribution in [0.1, 0.15) is 52.3 Å². The summed E-state index contributed by atoms with van der Waals surface area (Å²) < 4.78 is 2.17. The van der Waals surface area contributed by atoms with E-state index in [2.05, 4.69) is 42.6 Å². The highest BCUT2D eigenvalue weighted by molar-refractivity contribution is 5.00. The first-order valence-electron chi connectivity index (χ1n) is 6.39. The molecule has 0 radical (unpaired) electrons. The minimum Gasteiger partial charge on any atom is -0.396 e. The monoisotopic (exact) mass is 239 g/mol. The Morgan fingerprint density at radius 1 is 1.53 bits per heavy atom. The zero-order chi connectivity index (χ0) is 12.9. The van der Waals surface area contributed by atoms with Gasteiger partial charge in [0.25, 0.3) is 0 Å². The van der Waals surface area contributed by atoms with Gasteiger partial charge in [0.1, 0.15) is 0 Å². The second-order valence-corrected chi connectivity index (χ2v) is 5.13. The standard InChI is InChI=1S/C13H25N3O/c1-5-13(4,6-7-17)15-9-12-8-14-10-16(12)11(2)3/h8,10-11,15,17H,5-7,9H2,1-4H3. The lowest BCUT2D eigenvalue weighted by molar-refractivity contribution is 0.213. The van der Waals surface area contributed by atoms with Gasteiger partial charge in [0.15, 0.2) is 0 Å². The minimum absolute atomic E-state index is 0.000823. The van der Waals surface area contributed by atoms with E-state index in [1.54, 1.807) is 0 Å². The van der Waals surface area contributed by atoms with Gasteiger partial charge in [0.05, 0.1) is 12.0 Å². The summed E-state index contributed by atoms with van der Waals surface area (Å²) in [4.78, 5) is 4.19. The number of hydrogen-bond donors (Lipinski definition) is 2. The molecule has 4 heteroatoms. The summed E-state index contributed by atoms with van der Waals surface area (Å²) in [6, 6.07) is 0.431. The fourth-order valence-corrected chi connectivity index (χ4v) is 1.87. The van der Waals surface area contributed by atoms with E-state index in [0.29, 0.717) is 6.04 Å². The second kappa shape index (κ2) is 6.17. The van der Waals surface area contributed by atoms with Gasteiger partial charge < -0.3 is 15.0 Å². The van der Waals surface area contributed by atoms with E-state index in [1.807, 2.05) is 12.5 Å². The molecule has 1 aromatic heterocycles. The van der Waals surface area contributed by atoms with Crippen molar-refractivity contribution in [2.75, 3.05) is 6.61 Å². The molecule has 1 atom stereocenters. The number of nitrogens with zero attached hydrogens (tertiary/aromatic N) is 2. The Morgan fingerprint density at radius 2 is 2.24 bits per heavy atom. The first-order chi connectivity index (χ1) is 8.02. The second-order valence-electron chi connectivity index (χ2n) is 5.13. The molecule has 0 spiro atoms. The van der Waals surface area contributed by atoms with Crippen molar-refractivity contribution >= 4 is 0 Å². The summed E-state index contributed by atoms with van der Waals surface area (Å²) in [7, 11) is 0. The van der Waals surface area contributed by atoms with Crippen LogP contribution < -0.4 is 5.32 Å². The van der Waals surface area contributed by atoms with E-state index in [9.17, 15) is 0 Å². The molecule has 0 fully saturated rings. The van der Waals surface area contributed by atoms with Crippen LogP contribution in [0.2, 0.25) is 0 Å². The lowest BCUT2D eigenvalue weighted by Gasteiger charge is -2.29. The maximum Gasteiger partial charge on any atom is 0.0951 e. The molecule has 0 bridgehead atoms. The van der Waals surface area contributed by atoms with Crippen LogP contribution in [0.15, 0.2) is 12.5 Å². The van der Waals surface area contributed by atoms with Crippen LogP contribution in [-0.4, -0.2) is 26.8 Å². The van der Waals surface area contributed by atoms with Crippen molar-refractivity contribution in [3.8, 4) is 0 Å². The van der Waals surface area contributed by atoms with Crippen LogP contribution in [0.5, 0.6) is 0 Å². The molecule has 0 saturated heterocycles. The van der Waals surface area contributed by atoms with Gasteiger partial charge in [-0.2, -0.15) is 0 Å². The Morgan fingerprint density at radius 3 is 2.76 bits per heavy atom. The number of hydrogen-bond acceptors (Lipinski definition) is 3. The minimum atomic E-state index is 0.000823. The van der Waals surface area contributed by atoms with Crippen LogP contribution in [0.3, 0.4) is 0 Å². The smallest absolute Gasteiger partial charge is 0.0951 e. The lowest BCUT2D eigenvalue weighted by Crippen LogP contribution is -2.42. The first-order valence-corrected chi connectivity index (χ1v) is 6.39. The average Bonchev–Trinajstić information content (AvgIpc) is 2.75. The number of imidazole rings is 1. The summed E-state index contributed by atoms with van der Waals surface area (Å²) in [6.07, 6.45) is 5.56. The van der Waals surface area contributed by atoms with Crippen molar-refractivity contribution in [2.45, 2.75) is 58.7 Å². The van der Waals surface area contributed by atoms with Crippen LogP contribution >= 0.6 is 0 Å². The quantitative estimate of drug-likeness (QED) is 0.766. The van der Waals surface area contributed by atoms with Crippen molar-refractivity contribution in [3.63, 3.8) is 0 Å². The molecule has 0 aliphatic carbocycles. The van der Waals surface area contributed by atoms with Crippen LogP contribution in [0.4, 0.5) is 0 Å². The fourth-order valence-electron chi connectivity index (χ4n) is 1.87. The highest BCUT2D eigenvalue weighted by Crippen LogP contribution is 2.16. The topological polar surface area (TPSA) is 50.1 Å². The third kappa shape index (κ3) is 3.82. The number of rotatable bonds is 7. The molecule has 98 valence electrons. The number of aliphatic hydroxyl groups is 1.